The van der Waals surface area contributed by atoms with E-state index >= 15 is 0 Å². The minimum Gasteiger partial charge on any atom is -1.00 e. The number of Topliss-reactive ketones (excluding diaryl/α,β-unsaturated/α-hetero) is 1. The van der Waals surface area contributed by atoms with Crippen LogP contribution in [0.25, 0.3) is 0 Å². The highest BCUT2D eigenvalue weighted by Crippen LogP contribution is 2.32. The highest BCUT2D eigenvalue weighted by molar-refractivity contribution is 9.10. The summed E-state index contributed by atoms with van der Waals surface area (Å²) in [5.74, 6) is 1.86. The van der Waals surface area contributed by atoms with Gasteiger partial charge in [-0.15, -0.1) is 0 Å². The van der Waals surface area contributed by atoms with Crippen LogP contribution in [-0.2, 0) is 19.5 Å². The van der Waals surface area contributed by atoms with Gasteiger partial charge in [0, 0.05) is 22.0 Å². The number of nitrogens with zero attached hydrogens (tertiary/aromatic N) is 2. The number of rotatable bonds is 6. The number of imidazole rings is 1. The summed E-state index contributed by atoms with van der Waals surface area (Å²) < 4.78 is 16.2. The number of halogens is 2. The number of ketones is 1. The maximum Gasteiger partial charge on any atom is 0.244 e. The predicted octanol–water partition coefficient (Wildman–Crippen LogP) is 0.437. The molecule has 1 aliphatic heterocycles. The average molecular weight is 508 g/mol. The van der Waals surface area contributed by atoms with Crippen LogP contribution >= 0.6 is 15.9 Å². The van der Waals surface area contributed by atoms with E-state index < -0.39 is 0 Å². The second kappa shape index (κ2) is 8.92. The molecule has 0 N–H and O–H groups in total. The van der Waals surface area contributed by atoms with E-state index in [0.29, 0.717) is 12.1 Å². The Morgan fingerprint density at radius 1 is 1.29 bits per heavy atom. The van der Waals surface area contributed by atoms with Gasteiger partial charge in [-0.1, -0.05) is 28.1 Å². The second-order valence-corrected chi connectivity index (χ2v) is 7.55. The number of methoxy groups -OCH3 is 1. The Morgan fingerprint density at radius 2 is 2.07 bits per heavy atom. The quantitative estimate of drug-likeness (QED) is 0.359. The summed E-state index contributed by atoms with van der Waals surface area (Å²) in [6.07, 6.45) is 6.77. The molecule has 0 aliphatic carbocycles. The van der Waals surface area contributed by atoms with Crippen LogP contribution in [0.1, 0.15) is 15.9 Å². The molecule has 0 amide bonds. The molecule has 1 unspecified atom stereocenters. The molecular weight excluding hydrogens is 488 g/mol. The van der Waals surface area contributed by atoms with Gasteiger partial charge in [-0.25, -0.2) is 9.13 Å². The molecule has 5 nitrogen and oxygen atoms in total. The number of aromatic nitrogens is 2. The molecule has 0 fully saturated rings. The van der Waals surface area contributed by atoms with Gasteiger partial charge in [0.15, 0.2) is 6.54 Å². The Labute approximate surface area is 182 Å². The van der Waals surface area contributed by atoms with Crippen LogP contribution in [0.4, 0.5) is 0 Å². The third-order valence-corrected chi connectivity index (χ3v) is 5.19. The van der Waals surface area contributed by atoms with Crippen molar-refractivity contribution in [2.24, 2.45) is 0 Å². The van der Waals surface area contributed by atoms with Gasteiger partial charge in [-0.2, -0.15) is 0 Å². The van der Waals surface area contributed by atoms with E-state index in [-0.39, 0.29) is 28.9 Å². The molecule has 4 rings (SSSR count). The maximum atomic E-state index is 12.4. The Kier molecular flexibility index (Phi) is 6.57. The highest BCUT2D eigenvalue weighted by atomic mass is 79.9. The van der Waals surface area contributed by atoms with E-state index in [1.807, 2.05) is 65.8 Å². The molecular formula is C21H20Br2N2O3. The van der Waals surface area contributed by atoms with E-state index in [4.69, 9.17) is 9.47 Å². The smallest absolute Gasteiger partial charge is 0.244 e. The lowest BCUT2D eigenvalue weighted by molar-refractivity contribution is -0.682. The van der Waals surface area contributed by atoms with Crippen LogP contribution in [0.15, 0.2) is 65.7 Å². The molecule has 1 aliphatic rings. The van der Waals surface area contributed by atoms with Gasteiger partial charge in [0.2, 0.25) is 12.1 Å². The number of carbonyl (C=O) groups is 1. The summed E-state index contributed by atoms with van der Waals surface area (Å²) in [6, 6.07) is 13.3. The summed E-state index contributed by atoms with van der Waals surface area (Å²) >= 11 is 3.39. The molecule has 0 bridgehead atoms. The van der Waals surface area contributed by atoms with Gasteiger partial charge >= 0.3 is 0 Å². The van der Waals surface area contributed by atoms with Crippen molar-refractivity contribution in [1.82, 2.24) is 4.57 Å². The first-order valence-corrected chi connectivity index (χ1v) is 9.57. The first-order chi connectivity index (χ1) is 13.1. The van der Waals surface area contributed by atoms with Crippen molar-refractivity contribution >= 4 is 21.7 Å². The molecule has 1 aromatic heterocycles. The van der Waals surface area contributed by atoms with Gasteiger partial charge < -0.3 is 26.5 Å². The molecule has 1 atom stereocenters. The van der Waals surface area contributed by atoms with Crippen molar-refractivity contribution < 1.29 is 35.8 Å². The van der Waals surface area contributed by atoms with Gasteiger partial charge in [-0.05, 0) is 30.3 Å². The average Bonchev–Trinajstić information content (AvgIpc) is 3.27. The van der Waals surface area contributed by atoms with Crippen molar-refractivity contribution in [3.63, 3.8) is 0 Å². The zero-order chi connectivity index (χ0) is 18.8. The lowest BCUT2D eigenvalue weighted by Gasteiger charge is -2.07. The lowest BCUT2D eigenvalue weighted by Crippen LogP contribution is -3.00. The zero-order valence-electron chi connectivity index (χ0n) is 15.3. The van der Waals surface area contributed by atoms with Crippen LogP contribution in [0.3, 0.4) is 0 Å². The van der Waals surface area contributed by atoms with E-state index in [9.17, 15) is 4.79 Å². The van der Waals surface area contributed by atoms with Crippen molar-refractivity contribution in [3.8, 4) is 11.5 Å². The Hall–Kier alpha value is -2.12. The first-order valence-electron chi connectivity index (χ1n) is 8.78. The van der Waals surface area contributed by atoms with Crippen LogP contribution in [0, 0.1) is 0 Å². The number of hydrogen-bond acceptors (Lipinski definition) is 3. The fourth-order valence-electron chi connectivity index (χ4n) is 3.29. The molecule has 0 saturated carbocycles. The van der Waals surface area contributed by atoms with E-state index in [1.165, 1.54) is 5.56 Å². The largest absolute Gasteiger partial charge is 1.00 e. The van der Waals surface area contributed by atoms with Crippen molar-refractivity contribution in [2.75, 3.05) is 7.11 Å². The van der Waals surface area contributed by atoms with Gasteiger partial charge in [-0.3, -0.25) is 4.79 Å². The molecule has 28 heavy (non-hydrogen) atoms. The number of ether oxygens (including phenoxy) is 2. The summed E-state index contributed by atoms with van der Waals surface area (Å²) in [5.41, 5.74) is 1.88. The fourth-order valence-corrected chi connectivity index (χ4v) is 3.56. The minimum absolute atomic E-state index is 0. The summed E-state index contributed by atoms with van der Waals surface area (Å²) in [4.78, 5) is 12.4. The van der Waals surface area contributed by atoms with E-state index in [2.05, 4.69) is 20.5 Å². The Balaban J connectivity index is 0.00000225. The molecule has 146 valence electrons. The molecule has 0 radical (unpaired) electrons. The predicted molar refractivity (Wildman–Crippen MR) is 104 cm³/mol. The summed E-state index contributed by atoms with van der Waals surface area (Å²) in [5, 5.41) is 0. The summed E-state index contributed by atoms with van der Waals surface area (Å²) in [6.45, 7) is 1.05. The van der Waals surface area contributed by atoms with Gasteiger partial charge in [0.25, 0.3) is 0 Å². The minimum atomic E-state index is 0. The third-order valence-electron chi connectivity index (χ3n) is 4.66. The van der Waals surface area contributed by atoms with Gasteiger partial charge in [0.05, 0.1) is 7.11 Å². The second-order valence-electron chi connectivity index (χ2n) is 6.63. The van der Waals surface area contributed by atoms with Crippen LogP contribution in [-0.4, -0.2) is 23.6 Å². The SMILES string of the molecule is COc1ccc2c(c1)CC(Cn1cc[n+](CC(=O)c3ccc(Br)cc3)c1)O2.[Br-]. The molecule has 7 heteroatoms. The Morgan fingerprint density at radius 3 is 2.82 bits per heavy atom. The Bertz CT molecular complexity index is 970. The van der Waals surface area contributed by atoms with Gasteiger partial charge in [0.1, 0.15) is 36.5 Å². The molecule has 2 heterocycles. The van der Waals surface area contributed by atoms with Crippen LogP contribution < -0.4 is 31.0 Å². The number of hydrogen-bond donors (Lipinski definition) is 0. The number of benzene rings is 2. The monoisotopic (exact) mass is 506 g/mol. The normalized spacial score (nSPS) is 14.7. The molecule has 3 aromatic rings. The standard InChI is InChI=1S/C21H20BrN2O3.BrH/c1-26-18-6-7-21-16(10-18)11-19(27-21)12-23-8-9-24(14-23)13-20(25)15-2-4-17(22)5-3-15;/h2-10,14,19H,11-13H2,1H3;1H/q+1;/p-1. The molecule has 2 aromatic carbocycles. The van der Waals surface area contributed by atoms with E-state index in [0.717, 1.165) is 28.9 Å². The van der Waals surface area contributed by atoms with Crippen molar-refractivity contribution in [3.05, 3.63) is 76.8 Å². The van der Waals surface area contributed by atoms with Crippen LogP contribution in [0.5, 0.6) is 11.5 Å². The van der Waals surface area contributed by atoms with Crippen molar-refractivity contribution in [1.29, 1.82) is 0 Å². The summed E-state index contributed by atoms with van der Waals surface area (Å²) in [7, 11) is 1.67. The number of carbonyl (C=O) groups excluding carboxylic acids is 1. The molecule has 0 spiro atoms. The fraction of sp³-hybridized carbons (Fsp3) is 0.238. The van der Waals surface area contributed by atoms with Crippen LogP contribution in [0.2, 0.25) is 0 Å². The maximum absolute atomic E-state index is 12.4. The first kappa shape index (κ1) is 20.6. The van der Waals surface area contributed by atoms with Crippen molar-refractivity contribution in [2.45, 2.75) is 25.6 Å². The lowest BCUT2D eigenvalue weighted by atomic mass is 10.1. The number of fused-ring (bicyclic) bond motifs is 1. The highest BCUT2D eigenvalue weighted by Gasteiger charge is 2.25. The third kappa shape index (κ3) is 4.64. The van der Waals surface area contributed by atoms with E-state index in [1.54, 1.807) is 7.11 Å². The zero-order valence-corrected chi connectivity index (χ0v) is 18.5. The molecule has 0 saturated heterocycles. The topological polar surface area (TPSA) is 44.3 Å².